The molecule has 0 aliphatic rings. The van der Waals surface area contributed by atoms with Gasteiger partial charge in [-0.05, 0) is 31.7 Å². The Kier molecular flexibility index (Phi) is 20.0. The smallest absolute Gasteiger partial charge is 0.167 e. The van der Waals surface area contributed by atoms with Crippen molar-refractivity contribution in [2.45, 2.75) is 168 Å². The fraction of sp³-hybridized carbons (Fsp3) is 0.703. The van der Waals surface area contributed by atoms with Gasteiger partial charge in [-0.2, -0.15) is 4.57 Å². The fourth-order valence-electron chi connectivity index (χ4n) is 5.72. The van der Waals surface area contributed by atoms with E-state index in [2.05, 4.69) is 67.2 Å². The molecule has 0 saturated carbocycles. The maximum atomic E-state index is 2.51. The molecule has 214 valence electrons. The SMILES string of the molecule is CCCCCCCCCCCCCc1cc(CCCCCCCCCCCCC)c[n+](-c2ccccc2)c1. The number of aromatic nitrogens is 1. The topological polar surface area (TPSA) is 3.88 Å². The summed E-state index contributed by atoms with van der Waals surface area (Å²) >= 11 is 0. The summed E-state index contributed by atoms with van der Waals surface area (Å²) < 4.78 is 2.38. The molecule has 1 aromatic heterocycles. The third-order valence-electron chi connectivity index (χ3n) is 8.17. The summed E-state index contributed by atoms with van der Waals surface area (Å²) in [6, 6.07) is 13.4. The molecule has 0 aliphatic carbocycles. The van der Waals surface area contributed by atoms with E-state index in [1.807, 2.05) is 0 Å². The fourth-order valence-corrected chi connectivity index (χ4v) is 5.72. The van der Waals surface area contributed by atoms with E-state index >= 15 is 0 Å². The zero-order chi connectivity index (χ0) is 26.9. The molecular formula is C37H62N+. The Morgan fingerprint density at radius 1 is 0.421 bits per heavy atom. The molecule has 1 heterocycles. The van der Waals surface area contributed by atoms with Crippen molar-refractivity contribution in [2.24, 2.45) is 0 Å². The first kappa shape index (κ1) is 32.6. The molecule has 0 spiro atoms. The van der Waals surface area contributed by atoms with Crippen molar-refractivity contribution in [2.75, 3.05) is 0 Å². The minimum atomic E-state index is 1.22. The first-order valence-corrected chi connectivity index (χ1v) is 16.9. The van der Waals surface area contributed by atoms with Crippen LogP contribution in [-0.2, 0) is 12.8 Å². The second-order valence-corrected chi connectivity index (χ2v) is 11.9. The lowest BCUT2D eigenvalue weighted by Gasteiger charge is -2.07. The Labute approximate surface area is 237 Å². The van der Waals surface area contributed by atoms with Gasteiger partial charge < -0.3 is 0 Å². The van der Waals surface area contributed by atoms with E-state index in [1.165, 1.54) is 171 Å². The highest BCUT2D eigenvalue weighted by Gasteiger charge is 2.11. The van der Waals surface area contributed by atoms with Gasteiger partial charge in [0.1, 0.15) is 0 Å². The standard InChI is InChI=1S/C37H62N/c1-3-5-7-9-11-13-15-17-19-21-24-28-35-32-36(34-38(33-35)37-30-26-23-27-31-37)29-25-22-20-18-16-14-12-10-8-6-4-2/h23,26-27,30-34H,3-22,24-25,28-29H2,1-2H3/q+1. The second-order valence-electron chi connectivity index (χ2n) is 11.9. The molecule has 1 heteroatoms. The maximum absolute atomic E-state index is 2.51. The summed E-state index contributed by atoms with van der Waals surface area (Å²) in [5.74, 6) is 0. The second kappa shape index (κ2) is 23.3. The number of nitrogens with zero attached hydrogens (tertiary/aromatic N) is 1. The largest absolute Gasteiger partial charge is 0.210 e. The molecule has 0 radical (unpaired) electrons. The van der Waals surface area contributed by atoms with E-state index in [-0.39, 0.29) is 0 Å². The van der Waals surface area contributed by atoms with Crippen LogP contribution in [0.2, 0.25) is 0 Å². The lowest BCUT2D eigenvalue weighted by Crippen LogP contribution is -2.31. The molecule has 0 fully saturated rings. The molecule has 2 aromatic rings. The van der Waals surface area contributed by atoms with Crippen molar-refractivity contribution in [3.63, 3.8) is 0 Å². The zero-order valence-electron chi connectivity index (χ0n) is 25.5. The summed E-state index contributed by atoms with van der Waals surface area (Å²) in [5.41, 5.74) is 4.32. The number of para-hydroxylation sites is 1. The van der Waals surface area contributed by atoms with Crippen LogP contribution < -0.4 is 4.57 Å². The third-order valence-corrected chi connectivity index (χ3v) is 8.17. The molecule has 0 saturated heterocycles. The summed E-state index contributed by atoms with van der Waals surface area (Å²) in [4.78, 5) is 0. The van der Waals surface area contributed by atoms with E-state index in [0.29, 0.717) is 0 Å². The van der Waals surface area contributed by atoms with E-state index in [9.17, 15) is 0 Å². The van der Waals surface area contributed by atoms with Crippen LogP contribution in [0.4, 0.5) is 0 Å². The Hall–Kier alpha value is -1.63. The Morgan fingerprint density at radius 3 is 1.13 bits per heavy atom. The van der Waals surface area contributed by atoms with Crippen LogP contribution in [0.5, 0.6) is 0 Å². The monoisotopic (exact) mass is 520 g/mol. The van der Waals surface area contributed by atoms with Crippen molar-refractivity contribution >= 4 is 0 Å². The Balaban J connectivity index is 1.68. The van der Waals surface area contributed by atoms with Gasteiger partial charge in [-0.25, -0.2) is 0 Å². The van der Waals surface area contributed by atoms with Gasteiger partial charge >= 0.3 is 0 Å². The zero-order valence-corrected chi connectivity index (χ0v) is 25.5. The normalized spacial score (nSPS) is 11.3. The molecule has 0 atom stereocenters. The van der Waals surface area contributed by atoms with Crippen molar-refractivity contribution < 1.29 is 4.57 Å². The number of rotatable bonds is 25. The van der Waals surface area contributed by atoms with Crippen LogP contribution in [0.15, 0.2) is 48.8 Å². The quantitative estimate of drug-likeness (QED) is 0.0905. The lowest BCUT2D eigenvalue weighted by atomic mass is 10.0. The number of unbranched alkanes of at least 4 members (excludes halogenated alkanes) is 20. The predicted octanol–water partition coefficient (Wildman–Crippen LogP) is 11.7. The molecule has 0 N–H and O–H groups in total. The Bertz CT molecular complexity index is 736. The van der Waals surface area contributed by atoms with Crippen molar-refractivity contribution in [1.29, 1.82) is 0 Å². The van der Waals surface area contributed by atoms with Gasteiger partial charge in [-0.15, -0.1) is 0 Å². The van der Waals surface area contributed by atoms with E-state index in [1.54, 1.807) is 0 Å². The highest BCUT2D eigenvalue weighted by Crippen LogP contribution is 2.16. The molecule has 0 bridgehead atoms. The molecule has 1 aromatic carbocycles. The number of benzene rings is 1. The number of pyridine rings is 1. The lowest BCUT2D eigenvalue weighted by molar-refractivity contribution is -0.596. The molecule has 0 aliphatic heterocycles. The molecule has 0 amide bonds. The summed E-state index contributed by atoms with van der Waals surface area (Å²) in [5, 5.41) is 0. The van der Waals surface area contributed by atoms with E-state index in [0.717, 1.165) is 0 Å². The average Bonchev–Trinajstić information content (AvgIpc) is 2.95. The first-order valence-electron chi connectivity index (χ1n) is 16.9. The van der Waals surface area contributed by atoms with E-state index < -0.39 is 0 Å². The first-order chi connectivity index (χ1) is 18.8. The van der Waals surface area contributed by atoms with Gasteiger partial charge in [0.05, 0.1) is 0 Å². The molecule has 0 unspecified atom stereocenters. The van der Waals surface area contributed by atoms with Crippen LogP contribution in [0.25, 0.3) is 5.69 Å². The van der Waals surface area contributed by atoms with Crippen LogP contribution in [-0.4, -0.2) is 0 Å². The minimum absolute atomic E-state index is 1.22. The van der Waals surface area contributed by atoms with Crippen molar-refractivity contribution in [3.8, 4) is 5.69 Å². The highest BCUT2D eigenvalue weighted by molar-refractivity contribution is 5.24. The van der Waals surface area contributed by atoms with Crippen LogP contribution in [0, 0.1) is 0 Å². The van der Waals surface area contributed by atoms with Gasteiger partial charge in [0, 0.05) is 23.3 Å². The van der Waals surface area contributed by atoms with Crippen molar-refractivity contribution in [1.82, 2.24) is 0 Å². The van der Waals surface area contributed by atoms with Crippen LogP contribution >= 0.6 is 0 Å². The highest BCUT2D eigenvalue weighted by atomic mass is 14.9. The van der Waals surface area contributed by atoms with Gasteiger partial charge in [0.15, 0.2) is 12.4 Å². The molecule has 2 rings (SSSR count). The van der Waals surface area contributed by atoms with Gasteiger partial charge in [-0.3, -0.25) is 0 Å². The van der Waals surface area contributed by atoms with Gasteiger partial charge in [0.2, 0.25) is 5.69 Å². The average molecular weight is 521 g/mol. The predicted molar refractivity (Wildman–Crippen MR) is 168 cm³/mol. The minimum Gasteiger partial charge on any atom is -0.167 e. The van der Waals surface area contributed by atoms with Crippen molar-refractivity contribution in [3.05, 3.63) is 59.9 Å². The number of hydrogen-bond donors (Lipinski definition) is 0. The maximum Gasteiger partial charge on any atom is 0.210 e. The molecular weight excluding hydrogens is 458 g/mol. The van der Waals surface area contributed by atoms with Gasteiger partial charge in [0.25, 0.3) is 0 Å². The summed E-state index contributed by atoms with van der Waals surface area (Å²) in [6.07, 6.45) is 38.3. The van der Waals surface area contributed by atoms with Gasteiger partial charge in [-0.1, -0.05) is 160 Å². The van der Waals surface area contributed by atoms with Crippen LogP contribution in [0.1, 0.15) is 166 Å². The van der Waals surface area contributed by atoms with Crippen LogP contribution in [0.3, 0.4) is 0 Å². The number of hydrogen-bond acceptors (Lipinski definition) is 0. The Morgan fingerprint density at radius 2 is 0.763 bits per heavy atom. The summed E-state index contributed by atoms with van der Waals surface area (Å²) in [7, 11) is 0. The summed E-state index contributed by atoms with van der Waals surface area (Å²) in [6.45, 7) is 4.60. The van der Waals surface area contributed by atoms with E-state index in [4.69, 9.17) is 0 Å². The number of aryl methyl sites for hydroxylation is 2. The molecule has 1 nitrogen and oxygen atoms in total. The third kappa shape index (κ3) is 16.4. The molecule has 38 heavy (non-hydrogen) atoms.